The van der Waals surface area contributed by atoms with Gasteiger partial charge in [-0.3, -0.25) is 0 Å². The molecule has 1 aliphatic carbocycles. The summed E-state index contributed by atoms with van der Waals surface area (Å²) < 4.78 is 15.9. The Morgan fingerprint density at radius 2 is 1.21 bits per heavy atom. The molecule has 0 N–H and O–H groups in total. The number of hydrogen-bond donors (Lipinski definition) is 0. The molecule has 0 heterocycles. The predicted molar refractivity (Wildman–Crippen MR) is 179 cm³/mol. The molecule has 216 valence electrons. The average Bonchev–Trinajstić information content (AvgIpc) is 3.31. The van der Waals surface area contributed by atoms with Gasteiger partial charge in [0.2, 0.25) is 5.69 Å². The Bertz CT molecular complexity index is 1730. The van der Waals surface area contributed by atoms with Crippen LogP contribution in [0.25, 0.3) is 11.1 Å². The fourth-order valence-corrected chi connectivity index (χ4v) is 7.11. The highest BCUT2D eigenvalue weighted by Gasteiger charge is 2.41. The molecule has 0 amide bonds. The van der Waals surface area contributed by atoms with E-state index in [0.717, 1.165) is 29.9 Å². The Balaban J connectivity index is 1.51. The summed E-state index contributed by atoms with van der Waals surface area (Å²) in [5.74, 6) is 0.0677. The third-order valence-corrected chi connectivity index (χ3v) is 9.26. The molecule has 0 saturated heterocycles. The van der Waals surface area contributed by atoms with E-state index in [-0.39, 0.29) is 17.2 Å². The fraction of sp³-hybridized carbons (Fsp3) is 0.225. The molecular weight excluding hydrogens is 527 g/mol. The highest BCUT2D eigenvalue weighted by molar-refractivity contribution is 6.00. The van der Waals surface area contributed by atoms with E-state index >= 15 is 0 Å². The molecule has 0 radical (unpaired) electrons. The van der Waals surface area contributed by atoms with Gasteiger partial charge in [0, 0.05) is 46.1 Å². The molecule has 0 atom stereocenters. The molecule has 43 heavy (non-hydrogen) atoms. The monoisotopic (exact) mass is 567 g/mol. The second-order valence-electron chi connectivity index (χ2n) is 11.9. The number of rotatable bonds is 8. The van der Waals surface area contributed by atoms with Gasteiger partial charge >= 0.3 is 0 Å². The Morgan fingerprint density at radius 1 is 0.674 bits per heavy atom. The molecule has 0 saturated carbocycles. The number of anilines is 3. The van der Waals surface area contributed by atoms with E-state index in [1.165, 1.54) is 51.3 Å². The van der Waals surface area contributed by atoms with Crippen LogP contribution >= 0.6 is 0 Å². The summed E-state index contributed by atoms with van der Waals surface area (Å²) in [5.41, 5.74) is 12.2. The van der Waals surface area contributed by atoms with Gasteiger partial charge < -0.3 is 4.90 Å². The van der Waals surface area contributed by atoms with Crippen molar-refractivity contribution >= 4 is 28.5 Å². The third-order valence-electron chi connectivity index (χ3n) is 9.26. The van der Waals surface area contributed by atoms with E-state index in [1.54, 1.807) is 0 Å². The van der Waals surface area contributed by atoms with Crippen molar-refractivity contribution in [2.24, 2.45) is 5.92 Å². The highest BCUT2D eigenvalue weighted by atomic mass is 19.1. The van der Waals surface area contributed by atoms with E-state index < -0.39 is 0 Å². The van der Waals surface area contributed by atoms with Gasteiger partial charge in [0.05, 0.1) is 0 Å². The van der Waals surface area contributed by atoms with Crippen molar-refractivity contribution in [1.29, 1.82) is 0 Å². The summed E-state index contributed by atoms with van der Waals surface area (Å²) in [6.07, 6.45) is 2.02. The Kier molecular flexibility index (Phi) is 7.75. The predicted octanol–water partition coefficient (Wildman–Crippen LogP) is 10.8. The van der Waals surface area contributed by atoms with Crippen LogP contribution < -0.4 is 4.90 Å². The van der Waals surface area contributed by atoms with Crippen LogP contribution in [0.3, 0.4) is 0 Å². The molecule has 5 aromatic carbocycles. The van der Waals surface area contributed by atoms with Gasteiger partial charge in [0.15, 0.2) is 5.71 Å². The number of benzene rings is 5. The smallest absolute Gasteiger partial charge is 0.205 e. The molecule has 5 aromatic rings. The highest BCUT2D eigenvalue weighted by Crippen LogP contribution is 2.54. The van der Waals surface area contributed by atoms with Crippen LogP contribution in [0, 0.1) is 11.7 Å². The van der Waals surface area contributed by atoms with Gasteiger partial charge in [-0.1, -0.05) is 76.2 Å². The lowest BCUT2D eigenvalue weighted by Gasteiger charge is -2.32. The SMILES string of the molecule is CCC1(CC)c2cc(C(C(C)C)=[N+](C)c3ccc(F)cc3)ccc2-c2ccc(N(c3ccccc3)c3ccccc3)cc21. The first-order chi connectivity index (χ1) is 20.9. The lowest BCUT2D eigenvalue weighted by atomic mass is 9.73. The Morgan fingerprint density at radius 3 is 1.74 bits per heavy atom. The molecular formula is C40H40FN2+. The second-order valence-corrected chi connectivity index (χ2v) is 11.9. The zero-order chi connectivity index (χ0) is 30.1. The summed E-state index contributed by atoms with van der Waals surface area (Å²) in [6.45, 7) is 9.12. The summed E-state index contributed by atoms with van der Waals surface area (Å²) >= 11 is 0. The standard InChI is InChI=1S/C40H40FN2/c1-6-40(7-2)37-26-29(39(28(3)4)42(5)31-21-19-30(41)20-22-31)18-24-35(37)36-25-23-34(27-38(36)40)43(32-14-10-8-11-15-32)33-16-12-9-13-17-33/h8-28H,6-7H2,1-5H3/q+1. The van der Waals surface area contributed by atoms with Crippen molar-refractivity contribution < 1.29 is 8.97 Å². The molecule has 0 aromatic heterocycles. The minimum Gasteiger partial charge on any atom is -0.310 e. The van der Waals surface area contributed by atoms with Crippen molar-refractivity contribution in [3.05, 3.63) is 144 Å². The van der Waals surface area contributed by atoms with Gasteiger partial charge in [0.25, 0.3) is 0 Å². The fourth-order valence-electron chi connectivity index (χ4n) is 7.11. The minimum absolute atomic E-state index is 0.0910. The first-order valence-electron chi connectivity index (χ1n) is 15.4. The van der Waals surface area contributed by atoms with Crippen LogP contribution in [-0.2, 0) is 5.41 Å². The summed E-state index contributed by atoms with van der Waals surface area (Å²) in [7, 11) is 2.09. The topological polar surface area (TPSA) is 6.25 Å². The molecule has 0 aliphatic heterocycles. The van der Waals surface area contributed by atoms with Gasteiger partial charge in [-0.25, -0.2) is 4.39 Å². The van der Waals surface area contributed by atoms with Gasteiger partial charge in [-0.2, -0.15) is 4.58 Å². The number of halogens is 1. The Hall–Kier alpha value is -4.50. The first kappa shape index (κ1) is 28.6. The number of hydrogen-bond acceptors (Lipinski definition) is 1. The van der Waals surface area contributed by atoms with E-state index in [2.05, 4.69) is 141 Å². The summed E-state index contributed by atoms with van der Waals surface area (Å²) in [4.78, 5) is 2.35. The van der Waals surface area contributed by atoms with Gasteiger partial charge in [0.1, 0.15) is 12.9 Å². The normalized spacial score (nSPS) is 13.8. The van der Waals surface area contributed by atoms with E-state index in [0.29, 0.717) is 0 Å². The third kappa shape index (κ3) is 4.97. The molecule has 0 spiro atoms. The van der Waals surface area contributed by atoms with Gasteiger partial charge in [-0.05, 0) is 95.8 Å². The lowest BCUT2D eigenvalue weighted by molar-refractivity contribution is -0.407. The maximum absolute atomic E-state index is 13.7. The van der Waals surface area contributed by atoms with Crippen molar-refractivity contribution in [1.82, 2.24) is 0 Å². The maximum atomic E-state index is 13.7. The van der Waals surface area contributed by atoms with E-state index in [4.69, 9.17) is 0 Å². The van der Waals surface area contributed by atoms with Crippen molar-refractivity contribution in [2.45, 2.75) is 46.0 Å². The lowest BCUT2D eigenvalue weighted by Crippen LogP contribution is -2.25. The Labute approximate surface area is 255 Å². The second kappa shape index (κ2) is 11.6. The van der Waals surface area contributed by atoms with Crippen molar-refractivity contribution in [3.8, 4) is 11.1 Å². The molecule has 0 bridgehead atoms. The molecule has 0 fully saturated rings. The van der Waals surface area contributed by atoms with Crippen LogP contribution in [0.5, 0.6) is 0 Å². The van der Waals surface area contributed by atoms with Crippen LogP contribution in [-0.4, -0.2) is 17.3 Å². The summed E-state index contributed by atoms with van der Waals surface area (Å²) in [6, 6.07) is 42.1. The molecule has 0 unspecified atom stereocenters. The zero-order valence-electron chi connectivity index (χ0n) is 25.8. The van der Waals surface area contributed by atoms with Crippen LogP contribution in [0.2, 0.25) is 0 Å². The molecule has 6 rings (SSSR count). The minimum atomic E-state index is -0.216. The van der Waals surface area contributed by atoms with E-state index in [1.807, 2.05) is 12.1 Å². The number of para-hydroxylation sites is 2. The van der Waals surface area contributed by atoms with Crippen molar-refractivity contribution in [2.75, 3.05) is 11.9 Å². The van der Waals surface area contributed by atoms with Crippen LogP contribution in [0.4, 0.5) is 27.1 Å². The quantitative estimate of drug-likeness (QED) is 0.133. The molecule has 2 nitrogen and oxygen atoms in total. The molecule has 1 aliphatic rings. The first-order valence-corrected chi connectivity index (χ1v) is 15.4. The summed E-state index contributed by atoms with van der Waals surface area (Å²) in [5, 5.41) is 0. The van der Waals surface area contributed by atoms with Crippen molar-refractivity contribution in [3.63, 3.8) is 0 Å². The number of nitrogens with zero attached hydrogens (tertiary/aromatic N) is 2. The maximum Gasteiger partial charge on any atom is 0.205 e. The molecule has 3 heteroatoms. The van der Waals surface area contributed by atoms with Crippen LogP contribution in [0.1, 0.15) is 57.2 Å². The average molecular weight is 568 g/mol. The largest absolute Gasteiger partial charge is 0.310 e. The van der Waals surface area contributed by atoms with Crippen LogP contribution in [0.15, 0.2) is 121 Å². The van der Waals surface area contributed by atoms with Gasteiger partial charge in [-0.15, -0.1) is 0 Å². The number of fused-ring (bicyclic) bond motifs is 3. The van der Waals surface area contributed by atoms with E-state index in [9.17, 15) is 4.39 Å². The zero-order valence-corrected chi connectivity index (χ0v) is 25.8.